The third-order valence-electron chi connectivity index (χ3n) is 2.76. The van der Waals surface area contributed by atoms with Crippen LogP contribution in [0.25, 0.3) is 11.3 Å². The fourth-order valence-electron chi connectivity index (χ4n) is 1.71. The van der Waals surface area contributed by atoms with Gasteiger partial charge in [0.05, 0.1) is 10.6 Å². The van der Waals surface area contributed by atoms with Gasteiger partial charge in [0.25, 0.3) is 0 Å². The number of halogens is 4. The van der Waals surface area contributed by atoms with E-state index >= 15 is 0 Å². The van der Waals surface area contributed by atoms with Gasteiger partial charge >= 0.3 is 6.18 Å². The molecule has 0 saturated heterocycles. The van der Waals surface area contributed by atoms with Gasteiger partial charge in [-0.3, -0.25) is 4.79 Å². The van der Waals surface area contributed by atoms with E-state index in [4.69, 9.17) is 16.0 Å². The Labute approximate surface area is 118 Å². The Kier molecular flexibility index (Phi) is 3.90. The normalized spacial score (nSPS) is 11.7. The van der Waals surface area contributed by atoms with Crippen molar-refractivity contribution in [1.29, 1.82) is 0 Å². The molecule has 0 aliphatic carbocycles. The van der Waals surface area contributed by atoms with Gasteiger partial charge in [0.1, 0.15) is 5.76 Å². The summed E-state index contributed by atoms with van der Waals surface area (Å²) in [6, 6.07) is 6.39. The Hall–Kier alpha value is -1.75. The van der Waals surface area contributed by atoms with E-state index in [0.29, 0.717) is 0 Å². The van der Waals surface area contributed by atoms with Gasteiger partial charge < -0.3 is 4.42 Å². The van der Waals surface area contributed by atoms with Gasteiger partial charge in [0.15, 0.2) is 11.5 Å². The van der Waals surface area contributed by atoms with E-state index in [2.05, 4.69) is 0 Å². The van der Waals surface area contributed by atoms with Crippen LogP contribution in [0, 0.1) is 0 Å². The SMILES string of the molecule is CCC(=O)c1ccc(-c2ccc(Cl)c(C(F)(F)F)c2)o1. The van der Waals surface area contributed by atoms with Crippen molar-refractivity contribution in [2.75, 3.05) is 0 Å². The van der Waals surface area contributed by atoms with E-state index in [1.54, 1.807) is 6.92 Å². The molecule has 1 aromatic heterocycles. The summed E-state index contributed by atoms with van der Waals surface area (Å²) in [4.78, 5) is 11.4. The van der Waals surface area contributed by atoms with Crippen LogP contribution < -0.4 is 0 Å². The number of carbonyl (C=O) groups is 1. The average Bonchev–Trinajstić information content (AvgIpc) is 2.86. The summed E-state index contributed by atoms with van der Waals surface area (Å²) in [7, 11) is 0. The molecule has 0 bridgehead atoms. The second kappa shape index (κ2) is 5.32. The van der Waals surface area contributed by atoms with Crippen LogP contribution in [0.4, 0.5) is 13.2 Å². The second-order valence-electron chi connectivity index (χ2n) is 4.13. The summed E-state index contributed by atoms with van der Waals surface area (Å²) in [6.45, 7) is 1.68. The summed E-state index contributed by atoms with van der Waals surface area (Å²) in [5, 5.41) is -0.377. The average molecular weight is 303 g/mol. The zero-order valence-electron chi connectivity index (χ0n) is 10.4. The van der Waals surface area contributed by atoms with Crippen LogP contribution in [-0.4, -0.2) is 5.78 Å². The molecule has 0 radical (unpaired) electrons. The van der Waals surface area contributed by atoms with Crippen molar-refractivity contribution < 1.29 is 22.4 Å². The maximum atomic E-state index is 12.8. The number of furan rings is 1. The highest BCUT2D eigenvalue weighted by molar-refractivity contribution is 6.31. The summed E-state index contributed by atoms with van der Waals surface area (Å²) in [6.07, 6.45) is -4.27. The molecule has 0 fully saturated rings. The maximum absolute atomic E-state index is 12.8. The molecule has 0 saturated carbocycles. The highest BCUT2D eigenvalue weighted by atomic mass is 35.5. The number of benzene rings is 1. The Morgan fingerprint density at radius 1 is 1.25 bits per heavy atom. The molecule has 20 heavy (non-hydrogen) atoms. The van der Waals surface area contributed by atoms with Crippen molar-refractivity contribution >= 4 is 17.4 Å². The van der Waals surface area contributed by atoms with Crippen molar-refractivity contribution in [3.05, 3.63) is 46.7 Å². The lowest BCUT2D eigenvalue weighted by Crippen LogP contribution is -2.05. The molecule has 0 spiro atoms. The number of hydrogen-bond donors (Lipinski definition) is 0. The van der Waals surface area contributed by atoms with Gasteiger partial charge in [-0.05, 0) is 30.3 Å². The predicted molar refractivity (Wildman–Crippen MR) is 68.8 cm³/mol. The largest absolute Gasteiger partial charge is 0.453 e. The maximum Gasteiger partial charge on any atom is 0.417 e. The highest BCUT2D eigenvalue weighted by Crippen LogP contribution is 2.37. The third-order valence-corrected chi connectivity index (χ3v) is 3.09. The van der Waals surface area contributed by atoms with Gasteiger partial charge in [0, 0.05) is 12.0 Å². The van der Waals surface area contributed by atoms with Crippen LogP contribution in [0.15, 0.2) is 34.7 Å². The quantitative estimate of drug-likeness (QED) is 0.728. The summed E-state index contributed by atoms with van der Waals surface area (Å²) in [5.74, 6) is 0.122. The number of rotatable bonds is 3. The predicted octanol–water partition coefficient (Wildman–Crippen LogP) is 5.21. The molecule has 0 aliphatic heterocycles. The van der Waals surface area contributed by atoms with Crippen LogP contribution in [0.1, 0.15) is 29.5 Å². The molecule has 2 rings (SSSR count). The molecule has 106 valence electrons. The molecule has 0 atom stereocenters. The van der Waals surface area contributed by atoms with Gasteiger partial charge in [0.2, 0.25) is 0 Å². The summed E-state index contributed by atoms with van der Waals surface area (Å²) >= 11 is 5.54. The number of Topliss-reactive ketones (excluding diaryl/α,β-unsaturated/α-hetero) is 1. The number of alkyl halides is 3. The standard InChI is InChI=1S/C14H10ClF3O2/c1-2-11(19)13-6-5-12(20-13)8-3-4-10(15)9(7-8)14(16,17)18/h3-7H,2H2,1H3. The highest BCUT2D eigenvalue weighted by Gasteiger charge is 2.33. The van der Waals surface area contributed by atoms with Gasteiger partial charge in [-0.1, -0.05) is 18.5 Å². The first-order chi connectivity index (χ1) is 9.32. The fraction of sp³-hybridized carbons (Fsp3) is 0.214. The molecule has 2 nitrogen and oxygen atoms in total. The van der Waals surface area contributed by atoms with Crippen LogP contribution in [0.2, 0.25) is 5.02 Å². The monoisotopic (exact) mass is 302 g/mol. The van der Waals surface area contributed by atoms with Crippen molar-refractivity contribution in [2.24, 2.45) is 0 Å². The minimum absolute atomic E-state index is 0.131. The molecule has 0 aliphatic rings. The Morgan fingerprint density at radius 2 is 1.95 bits per heavy atom. The van der Waals surface area contributed by atoms with E-state index in [1.807, 2.05) is 0 Å². The molecular weight excluding hydrogens is 293 g/mol. The van der Waals surface area contributed by atoms with Crippen LogP contribution >= 0.6 is 11.6 Å². The number of hydrogen-bond acceptors (Lipinski definition) is 2. The lowest BCUT2D eigenvalue weighted by Gasteiger charge is -2.09. The Bertz CT molecular complexity index is 644. The fourth-order valence-corrected chi connectivity index (χ4v) is 1.94. The number of ketones is 1. The van der Waals surface area contributed by atoms with Crippen LogP contribution in [0.3, 0.4) is 0 Å². The summed E-state index contributed by atoms with van der Waals surface area (Å²) < 4.78 is 43.6. The van der Waals surface area contributed by atoms with Crippen molar-refractivity contribution in [3.8, 4) is 11.3 Å². The van der Waals surface area contributed by atoms with Crippen LogP contribution in [-0.2, 0) is 6.18 Å². The molecular formula is C14H10ClF3O2. The molecule has 0 unspecified atom stereocenters. The van der Waals surface area contributed by atoms with Crippen molar-refractivity contribution in [2.45, 2.75) is 19.5 Å². The first-order valence-corrected chi connectivity index (χ1v) is 6.21. The second-order valence-corrected chi connectivity index (χ2v) is 4.54. The topological polar surface area (TPSA) is 30.2 Å². The van der Waals surface area contributed by atoms with Gasteiger partial charge in [-0.15, -0.1) is 0 Å². The minimum atomic E-state index is -4.54. The summed E-state index contributed by atoms with van der Waals surface area (Å²) in [5.41, 5.74) is -0.715. The molecule has 1 aromatic carbocycles. The van der Waals surface area contributed by atoms with E-state index in [-0.39, 0.29) is 34.3 Å². The first kappa shape index (κ1) is 14.7. The van der Waals surface area contributed by atoms with Gasteiger partial charge in [-0.25, -0.2) is 0 Å². The zero-order valence-corrected chi connectivity index (χ0v) is 11.2. The smallest absolute Gasteiger partial charge is 0.417 e. The molecule has 1 heterocycles. The van der Waals surface area contributed by atoms with E-state index < -0.39 is 11.7 Å². The first-order valence-electron chi connectivity index (χ1n) is 5.83. The minimum Gasteiger partial charge on any atom is -0.453 e. The van der Waals surface area contributed by atoms with Crippen molar-refractivity contribution in [1.82, 2.24) is 0 Å². The lowest BCUT2D eigenvalue weighted by atomic mass is 10.1. The number of carbonyl (C=O) groups excluding carboxylic acids is 1. The van der Waals surface area contributed by atoms with Gasteiger partial charge in [-0.2, -0.15) is 13.2 Å². The molecule has 0 N–H and O–H groups in total. The zero-order chi connectivity index (χ0) is 14.9. The van der Waals surface area contributed by atoms with Crippen LogP contribution in [0.5, 0.6) is 0 Å². The molecule has 6 heteroatoms. The molecule has 2 aromatic rings. The lowest BCUT2D eigenvalue weighted by molar-refractivity contribution is -0.137. The van der Waals surface area contributed by atoms with E-state index in [9.17, 15) is 18.0 Å². The van der Waals surface area contributed by atoms with E-state index in [1.165, 1.54) is 18.2 Å². The third kappa shape index (κ3) is 2.88. The molecule has 0 amide bonds. The Balaban J connectivity index is 2.44. The van der Waals surface area contributed by atoms with E-state index in [0.717, 1.165) is 12.1 Å². The van der Waals surface area contributed by atoms with Crippen molar-refractivity contribution in [3.63, 3.8) is 0 Å². The Morgan fingerprint density at radius 3 is 2.55 bits per heavy atom.